The van der Waals surface area contributed by atoms with Crippen molar-refractivity contribution < 1.29 is 5.11 Å². The van der Waals surface area contributed by atoms with Crippen molar-refractivity contribution in [2.75, 3.05) is 0 Å². The summed E-state index contributed by atoms with van der Waals surface area (Å²) in [6.07, 6.45) is 0. The highest BCUT2D eigenvalue weighted by molar-refractivity contribution is 7.98. The molecule has 0 fully saturated rings. The van der Waals surface area contributed by atoms with Crippen molar-refractivity contribution in [2.45, 2.75) is 31.0 Å². The summed E-state index contributed by atoms with van der Waals surface area (Å²) in [6, 6.07) is 13.9. The third kappa shape index (κ3) is 2.76. The van der Waals surface area contributed by atoms with E-state index < -0.39 is 0 Å². The Morgan fingerprint density at radius 3 is 2.67 bits per heavy atom. The molecule has 3 nitrogen and oxygen atoms in total. The summed E-state index contributed by atoms with van der Waals surface area (Å²) < 4.78 is 2.05. The fourth-order valence-corrected chi connectivity index (χ4v) is 3.56. The number of fused-ring (bicyclic) bond motifs is 1. The van der Waals surface area contributed by atoms with Gasteiger partial charge in [-0.05, 0) is 37.4 Å². The third-order valence-electron chi connectivity index (χ3n) is 3.52. The zero-order valence-electron chi connectivity index (χ0n) is 12.2. The summed E-state index contributed by atoms with van der Waals surface area (Å²) in [7, 11) is 0. The second-order valence-electron chi connectivity index (χ2n) is 5.01. The Labute approximate surface area is 128 Å². The number of nitrogens with zero attached hydrogens (tertiary/aromatic N) is 2. The Hall–Kier alpha value is -1.94. The normalized spacial score (nSPS) is 11.1. The number of hydrogen-bond acceptors (Lipinski definition) is 3. The first-order valence-corrected chi connectivity index (χ1v) is 8.04. The molecule has 0 radical (unpaired) electrons. The van der Waals surface area contributed by atoms with E-state index in [1.165, 1.54) is 10.6 Å². The minimum absolute atomic E-state index is 0.337. The monoisotopic (exact) mass is 298 g/mol. The Balaban J connectivity index is 1.90. The molecule has 21 heavy (non-hydrogen) atoms. The van der Waals surface area contributed by atoms with Gasteiger partial charge in [0.25, 0.3) is 0 Å². The summed E-state index contributed by atoms with van der Waals surface area (Å²) in [6.45, 7) is 5.02. The number of aryl methyl sites for hydroxylation is 2. The van der Waals surface area contributed by atoms with Crippen LogP contribution in [0.25, 0.3) is 10.8 Å². The van der Waals surface area contributed by atoms with E-state index in [2.05, 4.69) is 24.2 Å². The zero-order valence-corrected chi connectivity index (χ0v) is 13.0. The highest BCUT2D eigenvalue weighted by atomic mass is 32.2. The largest absolute Gasteiger partial charge is 0.507 e. The van der Waals surface area contributed by atoms with Crippen LogP contribution in [0.1, 0.15) is 18.3 Å². The third-order valence-corrected chi connectivity index (χ3v) is 4.63. The minimum Gasteiger partial charge on any atom is -0.507 e. The lowest BCUT2D eigenvalue weighted by atomic mass is 10.1. The van der Waals surface area contributed by atoms with E-state index >= 15 is 0 Å². The molecule has 2 aromatic carbocycles. The van der Waals surface area contributed by atoms with E-state index in [0.29, 0.717) is 5.75 Å². The molecule has 0 spiro atoms. The van der Waals surface area contributed by atoms with E-state index in [1.807, 2.05) is 35.9 Å². The van der Waals surface area contributed by atoms with E-state index in [-0.39, 0.29) is 0 Å². The molecule has 0 amide bonds. The van der Waals surface area contributed by atoms with Crippen molar-refractivity contribution in [2.24, 2.45) is 0 Å². The predicted octanol–water partition coefficient (Wildman–Crippen LogP) is 4.36. The first kappa shape index (κ1) is 14.0. The van der Waals surface area contributed by atoms with Crippen molar-refractivity contribution >= 4 is 22.5 Å². The summed E-state index contributed by atoms with van der Waals surface area (Å²) in [4.78, 5) is 1.19. The predicted molar refractivity (Wildman–Crippen MR) is 87.8 cm³/mol. The fourth-order valence-electron chi connectivity index (χ4n) is 2.52. The number of phenolic OH excluding ortho intramolecular Hbond substituents is 1. The van der Waals surface area contributed by atoms with Crippen LogP contribution in [-0.2, 0) is 12.3 Å². The number of hydrogen-bond donors (Lipinski definition) is 1. The maximum absolute atomic E-state index is 9.94. The van der Waals surface area contributed by atoms with Gasteiger partial charge in [-0.15, -0.1) is 11.8 Å². The van der Waals surface area contributed by atoms with Gasteiger partial charge in [-0.1, -0.05) is 24.3 Å². The summed E-state index contributed by atoms with van der Waals surface area (Å²) >= 11 is 1.78. The topological polar surface area (TPSA) is 38.0 Å². The van der Waals surface area contributed by atoms with E-state index in [4.69, 9.17) is 0 Å². The van der Waals surface area contributed by atoms with Gasteiger partial charge < -0.3 is 5.11 Å². The van der Waals surface area contributed by atoms with Crippen molar-refractivity contribution in [3.8, 4) is 5.75 Å². The maximum atomic E-state index is 9.94. The molecule has 0 saturated carbocycles. The average Bonchev–Trinajstić information content (AvgIpc) is 2.87. The minimum atomic E-state index is 0.337. The quantitative estimate of drug-likeness (QED) is 0.727. The zero-order chi connectivity index (χ0) is 14.8. The Bertz CT molecular complexity index is 780. The van der Waals surface area contributed by atoms with Crippen LogP contribution in [0.15, 0.2) is 47.4 Å². The smallest absolute Gasteiger partial charge is 0.123 e. The van der Waals surface area contributed by atoms with Gasteiger partial charge in [0.1, 0.15) is 5.75 Å². The number of aromatic hydroxyl groups is 1. The van der Waals surface area contributed by atoms with Crippen LogP contribution in [0.3, 0.4) is 0 Å². The molecule has 0 unspecified atom stereocenters. The molecule has 0 saturated heterocycles. The number of aromatic nitrogens is 2. The molecule has 1 N–H and O–H groups in total. The number of phenols is 1. The molecular formula is C17H18N2OS. The van der Waals surface area contributed by atoms with Gasteiger partial charge in [-0.2, -0.15) is 5.10 Å². The molecule has 108 valence electrons. The standard InChI is InChI=1S/C17H18N2OS/c1-3-19-13(10-12(2)18-19)11-21-17-9-8-16(20)14-6-4-5-7-15(14)17/h4-10,20H,3,11H2,1-2H3. The van der Waals surface area contributed by atoms with Crippen LogP contribution < -0.4 is 0 Å². The van der Waals surface area contributed by atoms with Crippen LogP contribution >= 0.6 is 11.8 Å². The van der Waals surface area contributed by atoms with E-state index in [0.717, 1.165) is 28.8 Å². The van der Waals surface area contributed by atoms with Gasteiger partial charge >= 0.3 is 0 Å². The van der Waals surface area contributed by atoms with Crippen LogP contribution in [0.4, 0.5) is 0 Å². The van der Waals surface area contributed by atoms with E-state index in [1.54, 1.807) is 17.8 Å². The van der Waals surface area contributed by atoms with Crippen molar-refractivity contribution in [3.63, 3.8) is 0 Å². The van der Waals surface area contributed by atoms with Gasteiger partial charge in [-0.25, -0.2) is 0 Å². The molecule has 0 atom stereocenters. The number of thioether (sulfide) groups is 1. The Kier molecular flexibility index (Phi) is 3.88. The molecule has 0 aliphatic heterocycles. The molecule has 0 aliphatic rings. The molecule has 0 bridgehead atoms. The summed E-state index contributed by atoms with van der Waals surface area (Å²) in [5.74, 6) is 1.22. The average molecular weight is 298 g/mol. The summed E-state index contributed by atoms with van der Waals surface area (Å²) in [5, 5.41) is 16.4. The molecule has 3 rings (SSSR count). The molecule has 1 heterocycles. The van der Waals surface area contributed by atoms with Crippen LogP contribution in [0.5, 0.6) is 5.75 Å². The van der Waals surface area contributed by atoms with Gasteiger partial charge in [0.2, 0.25) is 0 Å². The second kappa shape index (κ2) is 5.82. The SMILES string of the molecule is CCn1nc(C)cc1CSc1ccc(O)c2ccccc12. The summed E-state index contributed by atoms with van der Waals surface area (Å²) in [5.41, 5.74) is 2.29. The van der Waals surface area contributed by atoms with Crippen molar-refractivity contribution in [3.05, 3.63) is 53.9 Å². The Morgan fingerprint density at radius 2 is 1.90 bits per heavy atom. The van der Waals surface area contributed by atoms with Crippen LogP contribution in [-0.4, -0.2) is 14.9 Å². The highest BCUT2D eigenvalue weighted by Crippen LogP contribution is 2.34. The van der Waals surface area contributed by atoms with Gasteiger partial charge in [-0.3, -0.25) is 4.68 Å². The molecule has 1 aromatic heterocycles. The van der Waals surface area contributed by atoms with Crippen molar-refractivity contribution in [1.29, 1.82) is 0 Å². The first-order chi connectivity index (χ1) is 10.2. The molecule has 4 heteroatoms. The lowest BCUT2D eigenvalue weighted by Crippen LogP contribution is -2.01. The Morgan fingerprint density at radius 1 is 1.14 bits per heavy atom. The van der Waals surface area contributed by atoms with Gasteiger partial charge in [0.05, 0.1) is 5.69 Å². The first-order valence-electron chi connectivity index (χ1n) is 7.06. The fraction of sp³-hybridized carbons (Fsp3) is 0.235. The lowest BCUT2D eigenvalue weighted by molar-refractivity contribution is 0.481. The molecule has 3 aromatic rings. The van der Waals surface area contributed by atoms with E-state index in [9.17, 15) is 5.11 Å². The van der Waals surface area contributed by atoms with Crippen LogP contribution in [0.2, 0.25) is 0 Å². The molecule has 0 aliphatic carbocycles. The second-order valence-corrected chi connectivity index (χ2v) is 6.03. The van der Waals surface area contributed by atoms with Crippen molar-refractivity contribution in [1.82, 2.24) is 9.78 Å². The number of rotatable bonds is 4. The number of benzene rings is 2. The van der Waals surface area contributed by atoms with Gasteiger partial charge in [0, 0.05) is 28.3 Å². The van der Waals surface area contributed by atoms with Gasteiger partial charge in [0.15, 0.2) is 0 Å². The van der Waals surface area contributed by atoms with Crippen LogP contribution in [0, 0.1) is 6.92 Å². The maximum Gasteiger partial charge on any atom is 0.123 e. The highest BCUT2D eigenvalue weighted by Gasteiger charge is 2.08. The lowest BCUT2D eigenvalue weighted by Gasteiger charge is -2.08. The molecular weight excluding hydrogens is 280 g/mol.